The van der Waals surface area contributed by atoms with Gasteiger partial charge in [0.05, 0.1) is 11.4 Å². The summed E-state index contributed by atoms with van der Waals surface area (Å²) >= 11 is 2.20. The van der Waals surface area contributed by atoms with Gasteiger partial charge in [-0.3, -0.25) is 9.48 Å². The van der Waals surface area contributed by atoms with E-state index >= 15 is 0 Å². The largest absolute Gasteiger partial charge is 0.395 e. The molecular formula is C13H15IN4O. The first-order valence-electron chi connectivity index (χ1n) is 5.92. The second kappa shape index (κ2) is 5.60. The van der Waals surface area contributed by atoms with Crippen LogP contribution in [-0.2, 0) is 6.54 Å². The number of nitrogen functional groups attached to an aromatic ring is 1. The summed E-state index contributed by atoms with van der Waals surface area (Å²) in [6.07, 6.45) is 0. The Bertz CT molecular complexity index is 621. The lowest BCUT2D eigenvalue weighted by Crippen LogP contribution is -2.18. The fraction of sp³-hybridized carbons (Fsp3) is 0.231. The average molecular weight is 370 g/mol. The number of halogens is 1. The van der Waals surface area contributed by atoms with Crippen LogP contribution in [-0.4, -0.2) is 15.7 Å². The number of nitrogens with zero attached hydrogens (tertiary/aromatic N) is 2. The molecule has 0 aliphatic carbocycles. The zero-order valence-corrected chi connectivity index (χ0v) is 12.9. The van der Waals surface area contributed by atoms with Gasteiger partial charge in [0.25, 0.3) is 5.91 Å². The standard InChI is InChI=1S/C13H15IN4O/c1-3-18-12(11(15)8(2)17-18)13(19)16-10-6-4-5-9(14)7-10/h4-7H,3,15H2,1-2H3,(H,16,19). The minimum atomic E-state index is -0.234. The van der Waals surface area contributed by atoms with Crippen LogP contribution in [0.15, 0.2) is 24.3 Å². The van der Waals surface area contributed by atoms with Crippen LogP contribution in [0, 0.1) is 10.5 Å². The van der Waals surface area contributed by atoms with E-state index in [1.807, 2.05) is 31.2 Å². The highest BCUT2D eigenvalue weighted by molar-refractivity contribution is 14.1. The number of carbonyl (C=O) groups excluding carboxylic acids is 1. The molecule has 0 saturated heterocycles. The Labute approximate surface area is 125 Å². The summed E-state index contributed by atoms with van der Waals surface area (Å²) in [5, 5.41) is 7.08. The van der Waals surface area contributed by atoms with E-state index in [1.165, 1.54) is 0 Å². The molecule has 1 heterocycles. The smallest absolute Gasteiger partial charge is 0.276 e. The van der Waals surface area contributed by atoms with Gasteiger partial charge in [0.1, 0.15) is 5.69 Å². The molecule has 6 heteroatoms. The van der Waals surface area contributed by atoms with E-state index < -0.39 is 0 Å². The molecule has 0 fully saturated rings. The highest BCUT2D eigenvalue weighted by Crippen LogP contribution is 2.19. The van der Waals surface area contributed by atoms with Crippen LogP contribution in [0.4, 0.5) is 11.4 Å². The molecule has 3 N–H and O–H groups in total. The molecule has 0 radical (unpaired) electrons. The van der Waals surface area contributed by atoms with Crippen molar-refractivity contribution in [2.75, 3.05) is 11.1 Å². The van der Waals surface area contributed by atoms with Gasteiger partial charge >= 0.3 is 0 Å². The maximum atomic E-state index is 12.3. The van der Waals surface area contributed by atoms with Gasteiger partial charge in [-0.05, 0) is 54.6 Å². The summed E-state index contributed by atoms with van der Waals surface area (Å²) in [4.78, 5) is 12.3. The lowest BCUT2D eigenvalue weighted by atomic mass is 10.2. The van der Waals surface area contributed by atoms with E-state index in [0.717, 1.165) is 9.26 Å². The van der Waals surface area contributed by atoms with E-state index in [9.17, 15) is 4.79 Å². The van der Waals surface area contributed by atoms with E-state index in [1.54, 1.807) is 11.6 Å². The normalized spacial score (nSPS) is 10.5. The van der Waals surface area contributed by atoms with Crippen molar-refractivity contribution in [3.63, 3.8) is 0 Å². The minimum Gasteiger partial charge on any atom is -0.395 e. The van der Waals surface area contributed by atoms with Gasteiger partial charge in [-0.15, -0.1) is 0 Å². The number of amides is 1. The molecule has 1 amide bonds. The Morgan fingerprint density at radius 1 is 1.53 bits per heavy atom. The molecule has 0 bridgehead atoms. The average Bonchev–Trinajstić information content (AvgIpc) is 2.65. The summed E-state index contributed by atoms with van der Waals surface area (Å²) in [7, 11) is 0. The Kier molecular flexibility index (Phi) is 4.08. The van der Waals surface area contributed by atoms with E-state index in [0.29, 0.717) is 23.6 Å². The van der Waals surface area contributed by atoms with Gasteiger partial charge in [0.2, 0.25) is 0 Å². The van der Waals surface area contributed by atoms with Crippen molar-refractivity contribution in [2.24, 2.45) is 0 Å². The molecule has 2 rings (SSSR count). The first-order valence-corrected chi connectivity index (χ1v) is 7.00. The first kappa shape index (κ1) is 13.9. The predicted molar refractivity (Wildman–Crippen MR) is 84.2 cm³/mol. The number of benzene rings is 1. The van der Waals surface area contributed by atoms with Gasteiger partial charge in [0.15, 0.2) is 0 Å². The summed E-state index contributed by atoms with van der Waals surface area (Å²) < 4.78 is 2.68. The Hall–Kier alpha value is -1.57. The predicted octanol–water partition coefficient (Wildman–Crippen LogP) is 2.65. The molecule has 0 aliphatic heterocycles. The number of aryl methyl sites for hydroxylation is 2. The van der Waals surface area contributed by atoms with Gasteiger partial charge in [-0.1, -0.05) is 6.07 Å². The van der Waals surface area contributed by atoms with Gasteiger partial charge in [-0.25, -0.2) is 0 Å². The second-order valence-corrected chi connectivity index (χ2v) is 5.37. The quantitative estimate of drug-likeness (QED) is 0.816. The van der Waals surface area contributed by atoms with Gasteiger partial charge < -0.3 is 11.1 Å². The zero-order valence-electron chi connectivity index (χ0n) is 10.8. The van der Waals surface area contributed by atoms with Gasteiger partial charge in [-0.2, -0.15) is 5.10 Å². The van der Waals surface area contributed by atoms with E-state index in [4.69, 9.17) is 5.73 Å². The molecule has 1 aromatic carbocycles. The van der Waals surface area contributed by atoms with Crippen molar-refractivity contribution in [2.45, 2.75) is 20.4 Å². The molecule has 0 spiro atoms. The third-order valence-electron chi connectivity index (χ3n) is 2.77. The molecule has 5 nitrogen and oxygen atoms in total. The molecule has 0 saturated carbocycles. The van der Waals surface area contributed by atoms with Crippen molar-refractivity contribution in [1.29, 1.82) is 0 Å². The maximum Gasteiger partial charge on any atom is 0.276 e. The third kappa shape index (κ3) is 2.89. The fourth-order valence-electron chi connectivity index (χ4n) is 1.82. The topological polar surface area (TPSA) is 72.9 Å². The SMILES string of the molecule is CCn1nc(C)c(N)c1C(=O)Nc1cccc(I)c1. The van der Waals surface area contributed by atoms with Crippen LogP contribution in [0.3, 0.4) is 0 Å². The summed E-state index contributed by atoms with van der Waals surface area (Å²) in [5.41, 5.74) is 8.19. The molecule has 1 aromatic heterocycles. The Morgan fingerprint density at radius 2 is 2.26 bits per heavy atom. The highest BCUT2D eigenvalue weighted by atomic mass is 127. The number of nitrogens with one attached hydrogen (secondary N) is 1. The number of hydrogen-bond donors (Lipinski definition) is 2. The molecule has 19 heavy (non-hydrogen) atoms. The second-order valence-electron chi connectivity index (χ2n) is 4.13. The lowest BCUT2D eigenvalue weighted by molar-refractivity contribution is 0.101. The van der Waals surface area contributed by atoms with E-state index in [-0.39, 0.29) is 5.91 Å². The number of aromatic nitrogens is 2. The number of carbonyl (C=O) groups is 1. The van der Waals surface area contributed by atoms with Crippen LogP contribution in [0.25, 0.3) is 0 Å². The zero-order chi connectivity index (χ0) is 14.0. The Balaban J connectivity index is 2.30. The summed E-state index contributed by atoms with van der Waals surface area (Å²) in [6, 6.07) is 7.60. The third-order valence-corrected chi connectivity index (χ3v) is 3.44. The van der Waals surface area contributed by atoms with Crippen LogP contribution < -0.4 is 11.1 Å². The highest BCUT2D eigenvalue weighted by Gasteiger charge is 2.19. The maximum absolute atomic E-state index is 12.3. The monoisotopic (exact) mass is 370 g/mol. The van der Waals surface area contributed by atoms with Crippen LogP contribution in [0.5, 0.6) is 0 Å². The van der Waals surface area contributed by atoms with Crippen LogP contribution >= 0.6 is 22.6 Å². The molecule has 0 atom stereocenters. The minimum absolute atomic E-state index is 0.234. The van der Waals surface area contributed by atoms with Crippen molar-refractivity contribution >= 4 is 39.9 Å². The molecule has 0 aliphatic rings. The van der Waals surface area contributed by atoms with Crippen molar-refractivity contribution < 1.29 is 4.79 Å². The van der Waals surface area contributed by atoms with E-state index in [2.05, 4.69) is 33.0 Å². The van der Waals surface area contributed by atoms with Crippen LogP contribution in [0.2, 0.25) is 0 Å². The fourth-order valence-corrected chi connectivity index (χ4v) is 2.36. The number of rotatable bonds is 3. The number of nitrogens with two attached hydrogens (primary N) is 1. The van der Waals surface area contributed by atoms with Crippen molar-refractivity contribution in [1.82, 2.24) is 9.78 Å². The van der Waals surface area contributed by atoms with Crippen LogP contribution in [0.1, 0.15) is 23.1 Å². The molecule has 100 valence electrons. The van der Waals surface area contributed by atoms with Gasteiger partial charge in [0, 0.05) is 15.8 Å². The van der Waals surface area contributed by atoms with Crippen molar-refractivity contribution in [3.8, 4) is 0 Å². The number of hydrogen-bond acceptors (Lipinski definition) is 3. The molecule has 2 aromatic rings. The Morgan fingerprint density at radius 3 is 2.89 bits per heavy atom. The molecule has 0 unspecified atom stereocenters. The first-order chi connectivity index (χ1) is 9.02. The summed E-state index contributed by atoms with van der Waals surface area (Å²) in [5.74, 6) is -0.234. The summed E-state index contributed by atoms with van der Waals surface area (Å²) in [6.45, 7) is 4.32. The van der Waals surface area contributed by atoms with Crippen molar-refractivity contribution in [3.05, 3.63) is 39.2 Å². The lowest BCUT2D eigenvalue weighted by Gasteiger charge is -2.08. The number of anilines is 2. The molecular weight excluding hydrogens is 355 g/mol.